The van der Waals surface area contributed by atoms with Gasteiger partial charge in [-0.3, -0.25) is 0 Å². The maximum atomic E-state index is 5.10. The van der Waals surface area contributed by atoms with Gasteiger partial charge in [0.2, 0.25) is 0 Å². The second kappa shape index (κ2) is 10.9. The molecule has 0 aliphatic heterocycles. The van der Waals surface area contributed by atoms with Crippen molar-refractivity contribution < 1.29 is 0 Å². The molecule has 0 radical (unpaired) electrons. The van der Waals surface area contributed by atoms with Gasteiger partial charge >= 0.3 is 0 Å². The van der Waals surface area contributed by atoms with Crippen molar-refractivity contribution in [1.29, 1.82) is 0 Å². The SMILES string of the molecule is Cc1cc(C(=Nc2ccccc2C)c2ccccc2)nc(C(=Nc2ccccc2C)c2ccccc2)n1. The molecule has 0 unspecified atom stereocenters. The van der Waals surface area contributed by atoms with E-state index in [0.717, 1.165) is 56.4 Å². The lowest BCUT2D eigenvalue weighted by Crippen LogP contribution is -2.15. The molecule has 4 heteroatoms. The van der Waals surface area contributed by atoms with Gasteiger partial charge in [0.05, 0.1) is 22.8 Å². The van der Waals surface area contributed by atoms with E-state index in [0.29, 0.717) is 5.82 Å². The van der Waals surface area contributed by atoms with Gasteiger partial charge in [-0.15, -0.1) is 0 Å². The lowest BCUT2D eigenvalue weighted by molar-refractivity contribution is 1.06. The molecular formula is C33H28N4. The summed E-state index contributed by atoms with van der Waals surface area (Å²) in [6, 6.07) is 38.5. The summed E-state index contributed by atoms with van der Waals surface area (Å²) < 4.78 is 0. The first-order valence-electron chi connectivity index (χ1n) is 12.3. The second-order valence-electron chi connectivity index (χ2n) is 8.94. The fourth-order valence-electron chi connectivity index (χ4n) is 4.12. The summed E-state index contributed by atoms with van der Waals surface area (Å²) >= 11 is 0. The average molecular weight is 481 g/mol. The molecule has 0 aliphatic carbocycles. The monoisotopic (exact) mass is 480 g/mol. The first-order chi connectivity index (χ1) is 18.1. The molecule has 37 heavy (non-hydrogen) atoms. The molecule has 0 N–H and O–H groups in total. The highest BCUT2D eigenvalue weighted by molar-refractivity contribution is 6.15. The second-order valence-corrected chi connectivity index (χ2v) is 8.94. The maximum Gasteiger partial charge on any atom is 0.179 e. The zero-order valence-corrected chi connectivity index (χ0v) is 21.3. The van der Waals surface area contributed by atoms with E-state index in [1.54, 1.807) is 0 Å². The Balaban J connectivity index is 1.73. The summed E-state index contributed by atoms with van der Waals surface area (Å²) in [5.74, 6) is 0.567. The van der Waals surface area contributed by atoms with Crippen LogP contribution in [0.4, 0.5) is 11.4 Å². The van der Waals surface area contributed by atoms with Crippen LogP contribution in [0.15, 0.2) is 125 Å². The van der Waals surface area contributed by atoms with Crippen LogP contribution in [0.5, 0.6) is 0 Å². The molecule has 0 atom stereocenters. The number of rotatable bonds is 6. The highest BCUT2D eigenvalue weighted by atomic mass is 14.9. The molecule has 180 valence electrons. The molecule has 0 amide bonds. The number of nitrogens with zero attached hydrogens (tertiary/aromatic N) is 4. The Morgan fingerprint density at radius 2 is 0.973 bits per heavy atom. The first-order valence-corrected chi connectivity index (χ1v) is 12.3. The smallest absolute Gasteiger partial charge is 0.179 e. The predicted octanol–water partition coefficient (Wildman–Crippen LogP) is 7.74. The zero-order valence-electron chi connectivity index (χ0n) is 21.3. The maximum absolute atomic E-state index is 5.10. The van der Waals surface area contributed by atoms with Crippen molar-refractivity contribution in [2.45, 2.75) is 20.8 Å². The van der Waals surface area contributed by atoms with Gasteiger partial charge in [-0.05, 0) is 50.1 Å². The van der Waals surface area contributed by atoms with Crippen molar-refractivity contribution in [2.24, 2.45) is 9.98 Å². The van der Waals surface area contributed by atoms with Crippen LogP contribution in [0.1, 0.15) is 39.5 Å². The quantitative estimate of drug-likeness (QED) is 0.233. The summed E-state index contributed by atoms with van der Waals surface area (Å²) in [6.07, 6.45) is 0. The Morgan fingerprint density at radius 1 is 0.514 bits per heavy atom. The van der Waals surface area contributed by atoms with Crippen molar-refractivity contribution in [2.75, 3.05) is 0 Å². The average Bonchev–Trinajstić information content (AvgIpc) is 2.93. The van der Waals surface area contributed by atoms with Crippen molar-refractivity contribution in [3.63, 3.8) is 0 Å². The van der Waals surface area contributed by atoms with Gasteiger partial charge in [0.1, 0.15) is 5.71 Å². The van der Waals surface area contributed by atoms with Crippen LogP contribution in [-0.4, -0.2) is 21.4 Å². The van der Waals surface area contributed by atoms with Gasteiger partial charge in [-0.2, -0.15) is 0 Å². The molecule has 1 heterocycles. The minimum absolute atomic E-state index is 0.567. The topological polar surface area (TPSA) is 50.5 Å². The zero-order chi connectivity index (χ0) is 25.6. The lowest BCUT2D eigenvalue weighted by Gasteiger charge is -2.13. The standard InChI is InChI=1S/C33H28N4/c1-23-14-10-12-20-28(23)35-31(26-16-6-4-7-17-26)30-22-25(3)34-33(37-30)32(27-18-8-5-9-19-27)36-29-21-13-11-15-24(29)2/h4-22H,1-3H3. The summed E-state index contributed by atoms with van der Waals surface area (Å²) in [5, 5.41) is 0. The van der Waals surface area contributed by atoms with Gasteiger partial charge < -0.3 is 0 Å². The molecule has 0 saturated carbocycles. The van der Waals surface area contributed by atoms with Gasteiger partial charge in [0.25, 0.3) is 0 Å². The van der Waals surface area contributed by atoms with Gasteiger partial charge in [0.15, 0.2) is 5.82 Å². The minimum Gasteiger partial charge on any atom is -0.246 e. The van der Waals surface area contributed by atoms with Crippen LogP contribution in [0.3, 0.4) is 0 Å². The Labute approximate surface area is 218 Å². The molecule has 0 spiro atoms. The molecule has 0 saturated heterocycles. The van der Waals surface area contributed by atoms with Crippen molar-refractivity contribution >= 4 is 22.8 Å². The van der Waals surface area contributed by atoms with E-state index in [1.165, 1.54) is 0 Å². The van der Waals surface area contributed by atoms with E-state index in [9.17, 15) is 0 Å². The molecule has 0 bridgehead atoms. The summed E-state index contributed by atoms with van der Waals surface area (Å²) in [4.78, 5) is 20.1. The van der Waals surface area contributed by atoms with Crippen LogP contribution in [-0.2, 0) is 0 Å². The normalized spacial score (nSPS) is 12.0. The third kappa shape index (κ3) is 5.60. The molecule has 4 aromatic carbocycles. The number of aliphatic imine (C=N–C) groups is 2. The lowest BCUT2D eigenvalue weighted by atomic mass is 10.0. The number of hydrogen-bond donors (Lipinski definition) is 0. The fourth-order valence-corrected chi connectivity index (χ4v) is 4.12. The number of aromatic nitrogens is 2. The largest absolute Gasteiger partial charge is 0.246 e. The van der Waals surface area contributed by atoms with Crippen molar-refractivity contribution in [3.8, 4) is 0 Å². The van der Waals surface area contributed by atoms with E-state index in [2.05, 4.69) is 38.1 Å². The van der Waals surface area contributed by atoms with Crippen LogP contribution in [0, 0.1) is 20.8 Å². The summed E-state index contributed by atoms with van der Waals surface area (Å²) in [7, 11) is 0. The molecule has 5 rings (SSSR count). The number of aryl methyl sites for hydroxylation is 3. The van der Waals surface area contributed by atoms with Crippen LogP contribution in [0.2, 0.25) is 0 Å². The van der Waals surface area contributed by atoms with Gasteiger partial charge in [-0.1, -0.05) is 97.1 Å². The van der Waals surface area contributed by atoms with Crippen LogP contribution < -0.4 is 0 Å². The number of para-hydroxylation sites is 2. The van der Waals surface area contributed by atoms with E-state index in [-0.39, 0.29) is 0 Å². The third-order valence-electron chi connectivity index (χ3n) is 6.10. The molecule has 4 nitrogen and oxygen atoms in total. The first kappa shape index (κ1) is 24.0. The minimum atomic E-state index is 0.567. The predicted molar refractivity (Wildman–Crippen MR) is 153 cm³/mol. The van der Waals surface area contributed by atoms with E-state index < -0.39 is 0 Å². The van der Waals surface area contributed by atoms with Crippen LogP contribution in [0.25, 0.3) is 0 Å². The molecule has 0 aliphatic rings. The molecular weight excluding hydrogens is 452 g/mol. The van der Waals surface area contributed by atoms with Gasteiger partial charge in [0, 0.05) is 16.8 Å². The van der Waals surface area contributed by atoms with E-state index >= 15 is 0 Å². The fraction of sp³-hybridized carbons (Fsp3) is 0.0909. The molecule has 0 fully saturated rings. The third-order valence-corrected chi connectivity index (χ3v) is 6.10. The van der Waals surface area contributed by atoms with E-state index in [4.69, 9.17) is 20.0 Å². The Kier molecular flexibility index (Phi) is 7.09. The highest BCUT2D eigenvalue weighted by Crippen LogP contribution is 2.24. The number of benzene rings is 4. The summed E-state index contributed by atoms with van der Waals surface area (Å²) in [6.45, 7) is 6.12. The number of hydrogen-bond acceptors (Lipinski definition) is 4. The summed E-state index contributed by atoms with van der Waals surface area (Å²) in [5.41, 5.74) is 9.08. The van der Waals surface area contributed by atoms with E-state index in [1.807, 2.05) is 97.9 Å². The van der Waals surface area contributed by atoms with Crippen LogP contribution >= 0.6 is 0 Å². The molecule has 5 aromatic rings. The highest BCUT2D eigenvalue weighted by Gasteiger charge is 2.17. The Bertz CT molecular complexity index is 1470. The van der Waals surface area contributed by atoms with Gasteiger partial charge in [-0.25, -0.2) is 20.0 Å². The Hall–Kier alpha value is -4.70. The van der Waals surface area contributed by atoms with Crippen molar-refractivity contribution in [3.05, 3.63) is 155 Å². The van der Waals surface area contributed by atoms with Crippen molar-refractivity contribution in [1.82, 2.24) is 9.97 Å². The Morgan fingerprint density at radius 3 is 1.51 bits per heavy atom. The molecule has 1 aromatic heterocycles.